The normalized spacial score (nSPS) is 17.9. The third kappa shape index (κ3) is 2.75. The van der Waals surface area contributed by atoms with Crippen LogP contribution in [0.25, 0.3) is 0 Å². The highest BCUT2D eigenvalue weighted by Gasteiger charge is 2.32. The van der Waals surface area contributed by atoms with Crippen molar-refractivity contribution in [2.24, 2.45) is 0 Å². The van der Waals surface area contributed by atoms with Gasteiger partial charge in [0.15, 0.2) is 0 Å². The highest BCUT2D eigenvalue weighted by Crippen LogP contribution is 2.36. The molecule has 0 bridgehead atoms. The van der Waals surface area contributed by atoms with Gasteiger partial charge in [-0.15, -0.1) is 0 Å². The summed E-state index contributed by atoms with van der Waals surface area (Å²) in [4.78, 5) is 0. The van der Waals surface area contributed by atoms with Gasteiger partial charge in [0.25, 0.3) is 0 Å². The number of rotatable bonds is 4. The minimum Gasteiger partial charge on any atom is -0.314 e. The van der Waals surface area contributed by atoms with Gasteiger partial charge in [-0.25, -0.2) is 4.39 Å². The highest BCUT2D eigenvalue weighted by atomic mass is 19.1. The summed E-state index contributed by atoms with van der Waals surface area (Å²) >= 11 is 0. The predicted molar refractivity (Wildman–Crippen MR) is 69.6 cm³/mol. The lowest BCUT2D eigenvalue weighted by Gasteiger charge is -2.31. The summed E-state index contributed by atoms with van der Waals surface area (Å²) in [6.45, 7) is 5.18. The highest BCUT2D eigenvalue weighted by molar-refractivity contribution is 5.31. The number of hydrogen-bond donors (Lipinski definition) is 1. The van der Waals surface area contributed by atoms with Crippen LogP contribution in [0.15, 0.2) is 36.4 Å². The second-order valence-electron chi connectivity index (χ2n) is 5.21. The molecule has 0 saturated carbocycles. The summed E-state index contributed by atoms with van der Waals surface area (Å²) in [5.74, 6) is -0.140. The van der Waals surface area contributed by atoms with Crippen LogP contribution >= 0.6 is 0 Å². The summed E-state index contributed by atoms with van der Waals surface area (Å²) in [6, 6.07) is 7.49. The molecule has 0 heterocycles. The Labute approximate surface area is 103 Å². The quantitative estimate of drug-likeness (QED) is 0.786. The molecule has 0 spiro atoms. The molecule has 1 aromatic carbocycles. The van der Waals surface area contributed by atoms with Crippen LogP contribution in [-0.4, -0.2) is 12.6 Å². The fourth-order valence-electron chi connectivity index (χ4n) is 2.40. The molecule has 17 heavy (non-hydrogen) atoms. The van der Waals surface area contributed by atoms with E-state index in [-0.39, 0.29) is 11.2 Å². The van der Waals surface area contributed by atoms with Crippen LogP contribution in [0.1, 0.15) is 32.3 Å². The van der Waals surface area contributed by atoms with Gasteiger partial charge >= 0.3 is 0 Å². The van der Waals surface area contributed by atoms with E-state index in [0.29, 0.717) is 6.04 Å². The molecular formula is C15H20FN. The standard InChI is InChI=1S/C15H20FN/c1-12(2)17-11-15(8-3-4-9-15)13-6-5-7-14(16)10-13/h3-7,10,12,17H,8-9,11H2,1-2H3. The predicted octanol–water partition coefficient (Wildman–Crippen LogP) is 3.41. The maximum Gasteiger partial charge on any atom is 0.123 e. The third-order valence-electron chi connectivity index (χ3n) is 3.47. The molecule has 1 aromatic rings. The molecule has 1 aliphatic rings. The first-order chi connectivity index (χ1) is 8.12. The van der Waals surface area contributed by atoms with Gasteiger partial charge in [-0.1, -0.05) is 38.1 Å². The average molecular weight is 233 g/mol. The van der Waals surface area contributed by atoms with E-state index in [0.717, 1.165) is 24.9 Å². The first-order valence-electron chi connectivity index (χ1n) is 6.27. The summed E-state index contributed by atoms with van der Waals surface area (Å²) in [6.07, 6.45) is 6.40. The molecule has 0 fully saturated rings. The molecule has 0 saturated heterocycles. The molecule has 1 aliphatic carbocycles. The topological polar surface area (TPSA) is 12.0 Å². The van der Waals surface area contributed by atoms with Crippen LogP contribution in [0.3, 0.4) is 0 Å². The fourth-order valence-corrected chi connectivity index (χ4v) is 2.40. The van der Waals surface area contributed by atoms with Crippen molar-refractivity contribution >= 4 is 0 Å². The summed E-state index contributed by atoms with van der Waals surface area (Å²) in [7, 11) is 0. The van der Waals surface area contributed by atoms with Crippen molar-refractivity contribution in [1.29, 1.82) is 0 Å². The molecule has 2 rings (SSSR count). The largest absolute Gasteiger partial charge is 0.314 e. The Hall–Kier alpha value is -1.15. The van der Waals surface area contributed by atoms with E-state index in [1.165, 1.54) is 6.07 Å². The molecule has 0 aliphatic heterocycles. The molecule has 0 amide bonds. The van der Waals surface area contributed by atoms with E-state index in [2.05, 4.69) is 31.3 Å². The molecule has 2 heteroatoms. The first kappa shape index (κ1) is 12.3. The third-order valence-corrected chi connectivity index (χ3v) is 3.47. The smallest absolute Gasteiger partial charge is 0.123 e. The van der Waals surface area contributed by atoms with Crippen molar-refractivity contribution in [3.05, 3.63) is 47.8 Å². The summed E-state index contributed by atoms with van der Waals surface area (Å²) < 4.78 is 13.3. The number of benzene rings is 1. The van der Waals surface area contributed by atoms with Crippen LogP contribution in [0.2, 0.25) is 0 Å². The molecular weight excluding hydrogens is 213 g/mol. The van der Waals surface area contributed by atoms with Gasteiger partial charge in [0.05, 0.1) is 0 Å². The zero-order valence-electron chi connectivity index (χ0n) is 10.5. The molecule has 0 aromatic heterocycles. The second kappa shape index (κ2) is 5.01. The van der Waals surface area contributed by atoms with Crippen LogP contribution in [0, 0.1) is 5.82 Å². The lowest BCUT2D eigenvalue weighted by Crippen LogP contribution is -2.39. The van der Waals surface area contributed by atoms with E-state index in [1.54, 1.807) is 12.1 Å². The summed E-state index contributed by atoms with van der Waals surface area (Å²) in [5.41, 5.74) is 1.16. The van der Waals surface area contributed by atoms with Crippen molar-refractivity contribution in [3.63, 3.8) is 0 Å². The van der Waals surface area contributed by atoms with Crippen LogP contribution in [-0.2, 0) is 5.41 Å². The minimum atomic E-state index is -0.140. The first-order valence-corrected chi connectivity index (χ1v) is 6.27. The number of halogens is 1. The van der Waals surface area contributed by atoms with E-state index in [1.807, 2.05) is 6.07 Å². The van der Waals surface area contributed by atoms with Gasteiger partial charge in [0.2, 0.25) is 0 Å². The van der Waals surface area contributed by atoms with E-state index in [4.69, 9.17) is 0 Å². The minimum absolute atomic E-state index is 0.0480. The zero-order chi connectivity index (χ0) is 12.3. The molecule has 92 valence electrons. The number of allylic oxidation sites excluding steroid dienone is 2. The van der Waals surface area contributed by atoms with Gasteiger partial charge in [-0.2, -0.15) is 0 Å². The maximum atomic E-state index is 13.3. The molecule has 0 radical (unpaired) electrons. The van der Waals surface area contributed by atoms with Crippen molar-refractivity contribution in [3.8, 4) is 0 Å². The van der Waals surface area contributed by atoms with Crippen molar-refractivity contribution in [2.75, 3.05) is 6.54 Å². The van der Waals surface area contributed by atoms with Crippen LogP contribution in [0.5, 0.6) is 0 Å². The summed E-state index contributed by atoms with van der Waals surface area (Å²) in [5, 5.41) is 3.48. The molecule has 1 nitrogen and oxygen atoms in total. The maximum absolute atomic E-state index is 13.3. The van der Waals surface area contributed by atoms with Crippen molar-refractivity contribution in [2.45, 2.75) is 38.1 Å². The van der Waals surface area contributed by atoms with E-state index < -0.39 is 0 Å². The Bertz CT molecular complexity index is 401. The van der Waals surface area contributed by atoms with E-state index in [9.17, 15) is 4.39 Å². The van der Waals surface area contributed by atoms with Gasteiger partial charge in [0, 0.05) is 18.0 Å². The Balaban J connectivity index is 2.22. The average Bonchev–Trinajstić information content (AvgIpc) is 2.76. The van der Waals surface area contributed by atoms with Crippen molar-refractivity contribution in [1.82, 2.24) is 5.32 Å². The Morgan fingerprint density at radius 2 is 2.00 bits per heavy atom. The Morgan fingerprint density at radius 3 is 2.59 bits per heavy atom. The van der Waals surface area contributed by atoms with E-state index >= 15 is 0 Å². The van der Waals surface area contributed by atoms with Crippen LogP contribution < -0.4 is 5.32 Å². The molecule has 0 atom stereocenters. The number of hydrogen-bond acceptors (Lipinski definition) is 1. The Kier molecular flexibility index (Phi) is 3.63. The lowest BCUT2D eigenvalue weighted by molar-refractivity contribution is 0.397. The zero-order valence-corrected chi connectivity index (χ0v) is 10.5. The fraction of sp³-hybridized carbons (Fsp3) is 0.467. The Morgan fingerprint density at radius 1 is 1.29 bits per heavy atom. The monoisotopic (exact) mass is 233 g/mol. The van der Waals surface area contributed by atoms with Gasteiger partial charge in [-0.3, -0.25) is 0 Å². The van der Waals surface area contributed by atoms with Crippen molar-refractivity contribution < 1.29 is 4.39 Å². The SMILES string of the molecule is CC(C)NCC1(c2cccc(F)c2)CC=CC1. The number of nitrogens with one attached hydrogen (secondary N) is 1. The van der Waals surface area contributed by atoms with Gasteiger partial charge in [-0.05, 0) is 30.5 Å². The second-order valence-corrected chi connectivity index (χ2v) is 5.21. The lowest BCUT2D eigenvalue weighted by atomic mass is 9.78. The molecule has 0 unspecified atom stereocenters. The van der Waals surface area contributed by atoms with Gasteiger partial charge < -0.3 is 5.32 Å². The molecule has 1 N–H and O–H groups in total. The van der Waals surface area contributed by atoms with Crippen LogP contribution in [0.4, 0.5) is 4.39 Å². The van der Waals surface area contributed by atoms with Gasteiger partial charge in [0.1, 0.15) is 5.82 Å².